The molecule has 1 aliphatic rings. The predicted octanol–water partition coefficient (Wildman–Crippen LogP) is 7.29. The van der Waals surface area contributed by atoms with Crippen molar-refractivity contribution >= 4 is 58.7 Å². The van der Waals surface area contributed by atoms with Gasteiger partial charge in [-0.3, -0.25) is 5.41 Å². The number of aromatic hydroxyl groups is 1. The summed E-state index contributed by atoms with van der Waals surface area (Å²) in [6, 6.07) is 16.1. The Kier molecular flexibility index (Phi) is 10.2. The summed E-state index contributed by atoms with van der Waals surface area (Å²) in [5.74, 6) is 2.24. The first-order valence-electron chi connectivity index (χ1n) is 12.8. The molecule has 3 aromatic carbocycles. The molecule has 9 heteroatoms. The van der Waals surface area contributed by atoms with Crippen LogP contribution in [0.5, 0.6) is 11.5 Å². The van der Waals surface area contributed by atoms with Gasteiger partial charge in [0.1, 0.15) is 17.1 Å². The summed E-state index contributed by atoms with van der Waals surface area (Å²) in [6.07, 6.45) is 3.45. The molecule has 0 aliphatic carbocycles. The lowest BCUT2D eigenvalue weighted by Crippen LogP contribution is -2.37. The van der Waals surface area contributed by atoms with E-state index in [9.17, 15) is 5.11 Å². The quantitative estimate of drug-likeness (QED) is 0.0819. The second-order valence-electron chi connectivity index (χ2n) is 10.2. The molecule has 1 unspecified atom stereocenters. The number of phenolic OH excluding ortho intramolecular Hbond substituents is 1. The van der Waals surface area contributed by atoms with E-state index in [0.29, 0.717) is 12.2 Å². The highest BCUT2D eigenvalue weighted by Gasteiger charge is 2.34. The molecule has 0 fully saturated rings. The Morgan fingerprint density at radius 1 is 1.03 bits per heavy atom. The van der Waals surface area contributed by atoms with E-state index in [0.717, 1.165) is 74.9 Å². The predicted molar refractivity (Wildman–Crippen MR) is 171 cm³/mol. The Balaban J connectivity index is 0.00000420. The van der Waals surface area contributed by atoms with E-state index in [2.05, 4.69) is 41.8 Å². The number of nitrogens with one attached hydrogen (secondary N) is 3. The van der Waals surface area contributed by atoms with Gasteiger partial charge in [-0.15, -0.1) is 24.2 Å². The number of anilines is 2. The maximum atomic E-state index is 10.4. The molecule has 0 aromatic heterocycles. The molecule has 0 radical (unpaired) electrons. The van der Waals surface area contributed by atoms with E-state index in [1.807, 2.05) is 56.8 Å². The number of rotatable bonds is 8. The molecule has 3 aromatic rings. The van der Waals surface area contributed by atoms with Crippen LogP contribution in [0.2, 0.25) is 0 Å². The fourth-order valence-corrected chi connectivity index (χ4v) is 6.12. The van der Waals surface area contributed by atoms with Crippen LogP contribution >= 0.6 is 36.4 Å². The second kappa shape index (κ2) is 12.9. The van der Waals surface area contributed by atoms with Gasteiger partial charge in [0.15, 0.2) is 5.96 Å². The zero-order chi connectivity index (χ0) is 27.4. The number of halogens is 1. The summed E-state index contributed by atoms with van der Waals surface area (Å²) in [5.41, 5.74) is 12.0. The topological polar surface area (TPSA) is 103 Å². The molecule has 0 saturated carbocycles. The SMILES string of the molecule is Cc1c(C)c2c(c(C)c1O)CCC(C)(CCSc1ccc(NC(=S)Cc3ccc(NC(=N)N)cc3)cc1)O2.Cl. The maximum absolute atomic E-state index is 10.4. The van der Waals surface area contributed by atoms with Crippen LogP contribution < -0.4 is 21.1 Å². The lowest BCUT2D eigenvalue weighted by molar-refractivity contribution is 0.0610. The van der Waals surface area contributed by atoms with Gasteiger partial charge in [-0.25, -0.2) is 0 Å². The fraction of sp³-hybridized carbons (Fsp3) is 0.333. The van der Waals surface area contributed by atoms with Crippen LogP contribution in [0.4, 0.5) is 11.4 Å². The van der Waals surface area contributed by atoms with Gasteiger partial charge in [0.05, 0.1) is 4.99 Å². The van der Waals surface area contributed by atoms with Gasteiger partial charge >= 0.3 is 0 Å². The van der Waals surface area contributed by atoms with Crippen LogP contribution in [0, 0.1) is 26.2 Å². The number of thiocarbonyl (C=S) groups is 1. The molecule has 4 rings (SSSR count). The smallest absolute Gasteiger partial charge is 0.190 e. The van der Waals surface area contributed by atoms with Crippen molar-refractivity contribution < 1.29 is 9.84 Å². The second-order valence-corrected chi connectivity index (χ2v) is 11.8. The van der Waals surface area contributed by atoms with Crippen molar-refractivity contribution in [2.75, 3.05) is 16.4 Å². The molecule has 208 valence electrons. The Hall–Kier alpha value is -2.94. The number of nitrogens with two attached hydrogens (primary N) is 1. The molecule has 6 nitrogen and oxygen atoms in total. The third-order valence-corrected chi connectivity index (χ3v) is 8.49. The van der Waals surface area contributed by atoms with E-state index in [4.69, 9.17) is 28.1 Å². The number of hydrogen-bond acceptors (Lipinski definition) is 5. The highest BCUT2D eigenvalue weighted by Crippen LogP contribution is 2.44. The van der Waals surface area contributed by atoms with Crippen molar-refractivity contribution in [2.24, 2.45) is 5.73 Å². The largest absolute Gasteiger partial charge is 0.507 e. The van der Waals surface area contributed by atoms with Crippen LogP contribution in [0.15, 0.2) is 53.4 Å². The molecule has 39 heavy (non-hydrogen) atoms. The number of ether oxygens (including phenoxy) is 1. The van der Waals surface area contributed by atoms with Gasteiger partial charge in [-0.1, -0.05) is 24.4 Å². The van der Waals surface area contributed by atoms with E-state index in [1.165, 1.54) is 4.90 Å². The fourth-order valence-electron chi connectivity index (χ4n) is 4.74. The number of benzene rings is 3. The monoisotopic (exact) mass is 584 g/mol. The Morgan fingerprint density at radius 3 is 2.28 bits per heavy atom. The van der Waals surface area contributed by atoms with Crippen molar-refractivity contribution in [3.8, 4) is 11.5 Å². The average Bonchev–Trinajstić information content (AvgIpc) is 2.88. The van der Waals surface area contributed by atoms with Gasteiger partial charge in [-0.05, 0) is 106 Å². The first-order chi connectivity index (χ1) is 18.0. The van der Waals surface area contributed by atoms with Gasteiger partial charge < -0.3 is 26.2 Å². The Labute approximate surface area is 247 Å². The summed E-state index contributed by atoms with van der Waals surface area (Å²) in [4.78, 5) is 1.96. The highest BCUT2D eigenvalue weighted by atomic mass is 35.5. The number of phenols is 1. The van der Waals surface area contributed by atoms with Gasteiger partial charge in [0, 0.05) is 34.0 Å². The first kappa shape index (κ1) is 30.6. The van der Waals surface area contributed by atoms with E-state index < -0.39 is 0 Å². The number of fused-ring (bicyclic) bond motifs is 1. The molecular weight excluding hydrogens is 548 g/mol. The van der Waals surface area contributed by atoms with Crippen molar-refractivity contribution in [3.63, 3.8) is 0 Å². The van der Waals surface area contributed by atoms with Crippen molar-refractivity contribution in [1.29, 1.82) is 5.41 Å². The minimum absolute atomic E-state index is 0. The summed E-state index contributed by atoms with van der Waals surface area (Å²) in [6.45, 7) is 8.19. The zero-order valence-corrected chi connectivity index (χ0v) is 25.3. The van der Waals surface area contributed by atoms with Crippen LogP contribution in [-0.2, 0) is 12.8 Å². The molecule has 0 saturated heterocycles. The molecular formula is C30H37ClN4O2S2. The van der Waals surface area contributed by atoms with E-state index in [-0.39, 0.29) is 24.0 Å². The van der Waals surface area contributed by atoms with Crippen LogP contribution in [0.1, 0.15) is 47.6 Å². The van der Waals surface area contributed by atoms with Crippen molar-refractivity contribution in [3.05, 3.63) is 76.3 Å². The molecule has 0 bridgehead atoms. The molecule has 0 spiro atoms. The lowest BCUT2D eigenvalue weighted by Gasteiger charge is -2.38. The van der Waals surface area contributed by atoms with E-state index in [1.54, 1.807) is 0 Å². The molecule has 1 heterocycles. The standard InChI is InChI=1S/C30H36N4O2S2.ClH/c1-18-19(2)28-25(20(3)27(18)35)13-14-30(4,36-28)15-16-38-24-11-9-22(10-12-24)33-26(37)17-21-5-7-23(8-6-21)34-29(31)32;/h5-12,35H,13-17H2,1-4H3,(H,33,37)(H4,31,32,34);1H. The third-order valence-electron chi connectivity index (χ3n) is 7.23. The Bertz CT molecular complexity index is 1350. The first-order valence-corrected chi connectivity index (χ1v) is 14.2. The van der Waals surface area contributed by atoms with Crippen molar-refractivity contribution in [2.45, 2.75) is 63.9 Å². The molecule has 1 aliphatic heterocycles. The summed E-state index contributed by atoms with van der Waals surface area (Å²) < 4.78 is 6.57. The third kappa shape index (κ3) is 7.59. The summed E-state index contributed by atoms with van der Waals surface area (Å²) in [7, 11) is 0. The Morgan fingerprint density at radius 2 is 1.64 bits per heavy atom. The van der Waals surface area contributed by atoms with Gasteiger partial charge in [0.2, 0.25) is 0 Å². The number of thioether (sulfide) groups is 1. The van der Waals surface area contributed by atoms with Gasteiger partial charge in [0.25, 0.3) is 0 Å². The zero-order valence-electron chi connectivity index (χ0n) is 22.8. The highest BCUT2D eigenvalue weighted by molar-refractivity contribution is 7.99. The summed E-state index contributed by atoms with van der Waals surface area (Å²) >= 11 is 7.39. The normalized spacial score (nSPS) is 15.9. The minimum Gasteiger partial charge on any atom is -0.507 e. The molecule has 6 N–H and O–H groups in total. The van der Waals surface area contributed by atoms with Crippen molar-refractivity contribution in [1.82, 2.24) is 0 Å². The maximum Gasteiger partial charge on any atom is 0.190 e. The lowest BCUT2D eigenvalue weighted by atomic mass is 9.86. The molecule has 0 amide bonds. The summed E-state index contributed by atoms with van der Waals surface area (Å²) in [5, 5.41) is 23.8. The minimum atomic E-state index is -0.214. The molecule has 1 atom stereocenters. The average molecular weight is 585 g/mol. The van der Waals surface area contributed by atoms with Crippen LogP contribution in [0.3, 0.4) is 0 Å². The number of guanidine groups is 1. The van der Waals surface area contributed by atoms with Crippen LogP contribution in [0.25, 0.3) is 0 Å². The number of hydrogen-bond donors (Lipinski definition) is 5. The van der Waals surface area contributed by atoms with E-state index >= 15 is 0 Å². The van der Waals surface area contributed by atoms with Gasteiger partial charge in [-0.2, -0.15) is 0 Å². The van der Waals surface area contributed by atoms with Crippen LogP contribution in [-0.4, -0.2) is 27.4 Å².